The molecule has 4 heteroatoms. The number of carbonyl (C=O) groups is 1. The molecule has 0 aliphatic carbocycles. The zero-order valence-electron chi connectivity index (χ0n) is 10.9. The Morgan fingerprint density at radius 1 is 1.53 bits per heavy atom. The first kappa shape index (κ1) is 12.8. The normalized spacial score (nSPS) is 30.3. The molecule has 0 spiro atoms. The molecule has 2 aliphatic heterocycles. The maximum atomic E-state index is 12.1. The minimum Gasteiger partial charge on any atom is -0.381 e. The zero-order chi connectivity index (χ0) is 12.3. The molecular formula is C13H24N2O2. The van der Waals surface area contributed by atoms with E-state index >= 15 is 0 Å². The van der Waals surface area contributed by atoms with Gasteiger partial charge in [0.05, 0.1) is 19.3 Å². The van der Waals surface area contributed by atoms with Crippen LogP contribution in [-0.4, -0.2) is 43.3 Å². The van der Waals surface area contributed by atoms with Crippen LogP contribution in [0, 0.1) is 11.8 Å². The van der Waals surface area contributed by atoms with E-state index in [1.807, 2.05) is 4.90 Å². The molecule has 0 bridgehead atoms. The highest BCUT2D eigenvalue weighted by Crippen LogP contribution is 2.18. The van der Waals surface area contributed by atoms with Crippen LogP contribution in [0.15, 0.2) is 0 Å². The molecule has 2 atom stereocenters. The molecular weight excluding hydrogens is 216 g/mol. The van der Waals surface area contributed by atoms with Crippen molar-refractivity contribution in [3.05, 3.63) is 0 Å². The molecule has 0 saturated carbocycles. The minimum atomic E-state index is 0.0412. The van der Waals surface area contributed by atoms with Crippen molar-refractivity contribution in [2.45, 2.75) is 39.2 Å². The van der Waals surface area contributed by atoms with Gasteiger partial charge < -0.3 is 9.64 Å². The standard InChI is InChI=1S/C13H24N2O2/c1-10(2)6-12-13(16)15(9-14-12)7-11-4-3-5-17-8-11/h10-12,14H,3-9H2,1-2H3. The highest BCUT2D eigenvalue weighted by atomic mass is 16.5. The van der Waals surface area contributed by atoms with Crippen molar-refractivity contribution in [2.75, 3.05) is 26.4 Å². The third kappa shape index (κ3) is 3.42. The van der Waals surface area contributed by atoms with Gasteiger partial charge in [0.25, 0.3) is 0 Å². The summed E-state index contributed by atoms with van der Waals surface area (Å²) in [6.07, 6.45) is 3.27. The fraction of sp³-hybridized carbons (Fsp3) is 0.923. The first-order valence-corrected chi connectivity index (χ1v) is 6.76. The van der Waals surface area contributed by atoms with E-state index in [2.05, 4.69) is 19.2 Å². The number of nitrogens with one attached hydrogen (secondary N) is 1. The molecule has 2 rings (SSSR count). The van der Waals surface area contributed by atoms with Gasteiger partial charge in [-0.25, -0.2) is 0 Å². The molecule has 1 amide bonds. The lowest BCUT2D eigenvalue weighted by atomic mass is 10.0. The Morgan fingerprint density at radius 3 is 3.00 bits per heavy atom. The third-order valence-corrected chi connectivity index (χ3v) is 3.58. The molecule has 4 nitrogen and oxygen atoms in total. The summed E-state index contributed by atoms with van der Waals surface area (Å²) < 4.78 is 5.46. The first-order valence-electron chi connectivity index (χ1n) is 6.76. The van der Waals surface area contributed by atoms with E-state index in [4.69, 9.17) is 4.74 Å². The highest BCUT2D eigenvalue weighted by molar-refractivity contribution is 5.83. The van der Waals surface area contributed by atoms with Crippen molar-refractivity contribution in [2.24, 2.45) is 11.8 Å². The summed E-state index contributed by atoms with van der Waals surface area (Å²) in [5.74, 6) is 1.38. The lowest BCUT2D eigenvalue weighted by Gasteiger charge is -2.26. The average molecular weight is 240 g/mol. The second kappa shape index (κ2) is 5.83. The summed E-state index contributed by atoms with van der Waals surface area (Å²) in [7, 11) is 0. The molecule has 2 unspecified atom stereocenters. The van der Waals surface area contributed by atoms with E-state index < -0.39 is 0 Å². The third-order valence-electron chi connectivity index (χ3n) is 3.58. The van der Waals surface area contributed by atoms with Crippen molar-refractivity contribution in [1.29, 1.82) is 0 Å². The van der Waals surface area contributed by atoms with Crippen molar-refractivity contribution < 1.29 is 9.53 Å². The number of nitrogens with zero attached hydrogens (tertiary/aromatic N) is 1. The summed E-state index contributed by atoms with van der Waals surface area (Å²) in [6.45, 7) is 7.60. The van der Waals surface area contributed by atoms with Crippen LogP contribution in [0.3, 0.4) is 0 Å². The maximum absolute atomic E-state index is 12.1. The second-order valence-electron chi connectivity index (χ2n) is 5.69. The fourth-order valence-electron chi connectivity index (χ4n) is 2.68. The van der Waals surface area contributed by atoms with E-state index in [-0.39, 0.29) is 11.9 Å². The molecule has 0 radical (unpaired) electrons. The van der Waals surface area contributed by atoms with Gasteiger partial charge in [-0.15, -0.1) is 0 Å². The second-order valence-corrected chi connectivity index (χ2v) is 5.69. The van der Waals surface area contributed by atoms with Gasteiger partial charge in [0.15, 0.2) is 0 Å². The fourth-order valence-corrected chi connectivity index (χ4v) is 2.68. The molecule has 2 aliphatic rings. The van der Waals surface area contributed by atoms with Gasteiger partial charge in [-0.05, 0) is 25.2 Å². The SMILES string of the molecule is CC(C)CC1NCN(CC2CCCOC2)C1=O. The van der Waals surface area contributed by atoms with Gasteiger partial charge in [0.1, 0.15) is 0 Å². The lowest BCUT2D eigenvalue weighted by molar-refractivity contribution is -0.130. The summed E-state index contributed by atoms with van der Waals surface area (Å²) >= 11 is 0. The Bertz CT molecular complexity index is 262. The van der Waals surface area contributed by atoms with Gasteiger partial charge in [-0.2, -0.15) is 0 Å². The van der Waals surface area contributed by atoms with Crippen LogP contribution >= 0.6 is 0 Å². The lowest BCUT2D eigenvalue weighted by Crippen LogP contribution is -2.36. The van der Waals surface area contributed by atoms with E-state index in [9.17, 15) is 4.79 Å². The molecule has 0 aromatic heterocycles. The van der Waals surface area contributed by atoms with Crippen LogP contribution in [0.5, 0.6) is 0 Å². The van der Waals surface area contributed by atoms with Gasteiger partial charge in [-0.1, -0.05) is 13.8 Å². The quantitative estimate of drug-likeness (QED) is 0.803. The Kier molecular flexibility index (Phi) is 4.40. The molecule has 98 valence electrons. The van der Waals surface area contributed by atoms with Crippen LogP contribution in [0.4, 0.5) is 0 Å². The van der Waals surface area contributed by atoms with Crippen LogP contribution in [0.1, 0.15) is 33.1 Å². The number of ether oxygens (including phenoxy) is 1. The number of hydrogen-bond donors (Lipinski definition) is 1. The van der Waals surface area contributed by atoms with Crippen molar-refractivity contribution in [3.8, 4) is 0 Å². The number of hydrogen-bond acceptors (Lipinski definition) is 3. The van der Waals surface area contributed by atoms with Crippen LogP contribution in [0.25, 0.3) is 0 Å². The topological polar surface area (TPSA) is 41.6 Å². The summed E-state index contributed by atoms with van der Waals surface area (Å²) in [4.78, 5) is 14.1. The summed E-state index contributed by atoms with van der Waals surface area (Å²) in [5, 5.41) is 3.31. The molecule has 0 aromatic carbocycles. The van der Waals surface area contributed by atoms with E-state index in [1.54, 1.807) is 0 Å². The summed E-state index contributed by atoms with van der Waals surface area (Å²) in [6, 6.07) is 0.0412. The van der Waals surface area contributed by atoms with Crippen molar-refractivity contribution >= 4 is 5.91 Å². The van der Waals surface area contributed by atoms with Crippen LogP contribution in [-0.2, 0) is 9.53 Å². The van der Waals surface area contributed by atoms with Crippen LogP contribution < -0.4 is 5.32 Å². The Morgan fingerprint density at radius 2 is 2.35 bits per heavy atom. The average Bonchev–Trinajstić information content (AvgIpc) is 2.62. The molecule has 17 heavy (non-hydrogen) atoms. The largest absolute Gasteiger partial charge is 0.381 e. The van der Waals surface area contributed by atoms with E-state index in [0.29, 0.717) is 18.5 Å². The Balaban J connectivity index is 1.80. The number of carbonyl (C=O) groups excluding carboxylic acids is 1. The molecule has 0 aromatic rings. The summed E-state index contributed by atoms with van der Waals surface area (Å²) in [5.41, 5.74) is 0. The van der Waals surface area contributed by atoms with Crippen LogP contribution in [0.2, 0.25) is 0 Å². The monoisotopic (exact) mass is 240 g/mol. The molecule has 2 heterocycles. The Labute approximate surface area is 104 Å². The minimum absolute atomic E-state index is 0.0412. The molecule has 2 fully saturated rings. The van der Waals surface area contributed by atoms with Gasteiger partial charge >= 0.3 is 0 Å². The van der Waals surface area contributed by atoms with Crippen molar-refractivity contribution in [3.63, 3.8) is 0 Å². The van der Waals surface area contributed by atoms with E-state index in [1.165, 1.54) is 6.42 Å². The van der Waals surface area contributed by atoms with Gasteiger partial charge in [0, 0.05) is 19.1 Å². The smallest absolute Gasteiger partial charge is 0.240 e. The van der Waals surface area contributed by atoms with E-state index in [0.717, 1.165) is 32.6 Å². The highest BCUT2D eigenvalue weighted by Gasteiger charge is 2.32. The maximum Gasteiger partial charge on any atom is 0.240 e. The van der Waals surface area contributed by atoms with Gasteiger partial charge in [0.2, 0.25) is 5.91 Å². The number of amides is 1. The van der Waals surface area contributed by atoms with Crippen molar-refractivity contribution in [1.82, 2.24) is 10.2 Å². The first-order chi connectivity index (χ1) is 8.16. The molecule has 1 N–H and O–H groups in total. The predicted molar refractivity (Wildman–Crippen MR) is 66.5 cm³/mol. The van der Waals surface area contributed by atoms with Gasteiger partial charge in [-0.3, -0.25) is 10.1 Å². The molecule has 2 saturated heterocycles. The number of rotatable bonds is 4. The zero-order valence-corrected chi connectivity index (χ0v) is 10.9. The predicted octanol–water partition coefficient (Wildman–Crippen LogP) is 1.22. The Hall–Kier alpha value is -0.610.